The minimum atomic E-state index is 0.0185. The molecule has 4 amide bonds. The third-order valence-electron chi connectivity index (χ3n) is 1.53. The van der Waals surface area contributed by atoms with Crippen molar-refractivity contribution < 1.29 is 9.59 Å². The number of hydrogen-bond donors (Lipinski definition) is 0. The Balaban J connectivity index is 0. The summed E-state index contributed by atoms with van der Waals surface area (Å²) in [5.41, 5.74) is 0. The van der Waals surface area contributed by atoms with Gasteiger partial charge in [0.05, 0.1) is 0 Å². The molecule has 0 atom stereocenters. The maximum absolute atomic E-state index is 10.7. The van der Waals surface area contributed by atoms with Gasteiger partial charge in [-0.2, -0.15) is 0 Å². The zero-order valence-corrected chi connectivity index (χ0v) is 11.6. The molecule has 6 heteroatoms. The average Bonchev–Trinajstić information content (AvgIpc) is 2.15. The van der Waals surface area contributed by atoms with Gasteiger partial charge in [-0.1, -0.05) is 0 Å². The van der Waals surface area contributed by atoms with Crippen molar-refractivity contribution >= 4 is 12.1 Å². The summed E-state index contributed by atoms with van der Waals surface area (Å²) in [4.78, 5) is 27.5. The number of carbonyl (C=O) groups excluding carboxylic acids is 2. The van der Waals surface area contributed by atoms with E-state index in [1.54, 1.807) is 56.4 Å². The van der Waals surface area contributed by atoms with E-state index in [0.29, 0.717) is 0 Å². The van der Waals surface area contributed by atoms with Gasteiger partial charge in [-0.25, -0.2) is 9.59 Å². The molecule has 0 aromatic carbocycles. The molecule has 0 saturated heterocycles. The van der Waals surface area contributed by atoms with Gasteiger partial charge in [0, 0.05) is 56.4 Å². The second-order valence-corrected chi connectivity index (χ2v) is 4.14. The van der Waals surface area contributed by atoms with Gasteiger partial charge in [0.15, 0.2) is 0 Å². The molecule has 0 saturated carbocycles. The van der Waals surface area contributed by atoms with Gasteiger partial charge in [0.1, 0.15) is 0 Å². The quantitative estimate of drug-likeness (QED) is 0.609. The Bertz CT molecular complexity index is 181. The highest BCUT2D eigenvalue weighted by molar-refractivity contribution is 5.73. The van der Waals surface area contributed by atoms with Crippen molar-refractivity contribution in [1.29, 1.82) is 0 Å². The molecule has 0 aliphatic rings. The van der Waals surface area contributed by atoms with E-state index in [2.05, 4.69) is 0 Å². The van der Waals surface area contributed by atoms with Gasteiger partial charge in [-0.05, 0) is 0 Å². The zero-order valence-electron chi connectivity index (χ0n) is 11.6. The molecular weight excluding hydrogens is 208 g/mol. The highest BCUT2D eigenvalue weighted by atomic mass is 16.2. The zero-order chi connectivity index (χ0) is 13.5. The van der Waals surface area contributed by atoms with Crippen LogP contribution >= 0.6 is 0 Å². The predicted octanol–water partition coefficient (Wildman–Crippen LogP) is 0.459. The van der Waals surface area contributed by atoms with E-state index < -0.39 is 0 Å². The van der Waals surface area contributed by atoms with E-state index in [4.69, 9.17) is 0 Å². The summed E-state index contributed by atoms with van der Waals surface area (Å²) < 4.78 is 0. The van der Waals surface area contributed by atoms with E-state index in [1.807, 2.05) is 0 Å². The van der Waals surface area contributed by atoms with Crippen molar-refractivity contribution in [3.63, 3.8) is 0 Å². The fourth-order valence-corrected chi connectivity index (χ4v) is 0.800. The van der Waals surface area contributed by atoms with E-state index >= 15 is 0 Å². The molecule has 0 spiro atoms. The third-order valence-corrected chi connectivity index (χ3v) is 1.53. The van der Waals surface area contributed by atoms with E-state index in [1.165, 1.54) is 19.6 Å². The van der Waals surface area contributed by atoms with Gasteiger partial charge in [-0.3, -0.25) is 0 Å². The summed E-state index contributed by atoms with van der Waals surface area (Å²) >= 11 is 0. The molecule has 0 radical (unpaired) electrons. The van der Waals surface area contributed by atoms with Crippen LogP contribution in [0.2, 0.25) is 0 Å². The minimum Gasteiger partial charge on any atom is -0.331 e. The molecule has 0 bridgehead atoms. The summed E-state index contributed by atoms with van der Waals surface area (Å²) in [6.45, 7) is 0. The van der Waals surface area contributed by atoms with Crippen LogP contribution in [0.3, 0.4) is 0 Å². The molecule has 0 aliphatic heterocycles. The maximum Gasteiger partial charge on any atom is 0.318 e. The van der Waals surface area contributed by atoms with Crippen LogP contribution in [0, 0.1) is 0 Å². The van der Waals surface area contributed by atoms with E-state index in [0.717, 1.165) is 0 Å². The van der Waals surface area contributed by atoms with Crippen molar-refractivity contribution in [3.8, 4) is 0 Å². The van der Waals surface area contributed by atoms with Crippen LogP contribution in [0.25, 0.3) is 0 Å². The van der Waals surface area contributed by atoms with Gasteiger partial charge in [-0.15, -0.1) is 0 Å². The van der Waals surface area contributed by atoms with Gasteiger partial charge in [0.2, 0.25) is 0 Å². The summed E-state index contributed by atoms with van der Waals surface area (Å²) in [5, 5.41) is 0. The molecule has 16 heavy (non-hydrogen) atoms. The first-order chi connectivity index (χ1) is 7.11. The Kier molecular flexibility index (Phi) is 8.25. The first-order valence-electron chi connectivity index (χ1n) is 4.88. The van der Waals surface area contributed by atoms with Gasteiger partial charge in [0.25, 0.3) is 0 Å². The van der Waals surface area contributed by atoms with Crippen LogP contribution in [0.1, 0.15) is 0 Å². The Hall–Kier alpha value is -1.46. The summed E-state index contributed by atoms with van der Waals surface area (Å²) in [7, 11) is 13.8. The number of urea groups is 2. The minimum absolute atomic E-state index is 0.0185. The number of nitrogens with zero attached hydrogens (tertiary/aromatic N) is 4. The summed E-state index contributed by atoms with van der Waals surface area (Å²) in [5.74, 6) is 0. The lowest BCUT2D eigenvalue weighted by atomic mass is 10.7. The SMILES string of the molecule is CN(C)C(=O)N(C)C.CN(C)C(=O)N(C)C. The smallest absolute Gasteiger partial charge is 0.318 e. The van der Waals surface area contributed by atoms with Crippen LogP contribution < -0.4 is 0 Å². The third kappa shape index (κ3) is 7.90. The van der Waals surface area contributed by atoms with E-state index in [9.17, 15) is 9.59 Å². The van der Waals surface area contributed by atoms with Crippen molar-refractivity contribution in [3.05, 3.63) is 0 Å². The highest BCUT2D eigenvalue weighted by Gasteiger charge is 2.03. The Labute approximate surface area is 98.4 Å². The van der Waals surface area contributed by atoms with Gasteiger partial charge >= 0.3 is 12.1 Å². The fourth-order valence-electron chi connectivity index (χ4n) is 0.800. The first-order valence-corrected chi connectivity index (χ1v) is 4.88. The number of amides is 4. The van der Waals surface area contributed by atoms with Crippen molar-refractivity contribution in [1.82, 2.24) is 19.6 Å². The molecule has 0 fully saturated rings. The Morgan fingerprint density at radius 1 is 0.500 bits per heavy atom. The molecule has 0 aromatic heterocycles. The number of hydrogen-bond acceptors (Lipinski definition) is 2. The lowest BCUT2D eigenvalue weighted by Crippen LogP contribution is -2.33. The fraction of sp³-hybridized carbons (Fsp3) is 0.800. The first kappa shape index (κ1) is 17.0. The van der Waals surface area contributed by atoms with Crippen molar-refractivity contribution in [2.45, 2.75) is 0 Å². The Morgan fingerprint density at radius 2 is 0.625 bits per heavy atom. The van der Waals surface area contributed by atoms with E-state index in [-0.39, 0.29) is 12.1 Å². The van der Waals surface area contributed by atoms with Crippen LogP contribution in [0.5, 0.6) is 0 Å². The van der Waals surface area contributed by atoms with Crippen LogP contribution in [-0.2, 0) is 0 Å². The molecule has 0 aliphatic carbocycles. The molecule has 96 valence electrons. The van der Waals surface area contributed by atoms with Gasteiger partial charge < -0.3 is 19.6 Å². The lowest BCUT2D eigenvalue weighted by Gasteiger charge is -2.16. The van der Waals surface area contributed by atoms with Crippen LogP contribution in [0.15, 0.2) is 0 Å². The molecule has 0 rings (SSSR count). The van der Waals surface area contributed by atoms with Crippen molar-refractivity contribution in [2.75, 3.05) is 56.4 Å². The largest absolute Gasteiger partial charge is 0.331 e. The van der Waals surface area contributed by atoms with Crippen LogP contribution in [-0.4, -0.2) is 88.0 Å². The Morgan fingerprint density at radius 3 is 0.625 bits per heavy atom. The summed E-state index contributed by atoms with van der Waals surface area (Å²) in [6.07, 6.45) is 0. The normalized spacial score (nSPS) is 8.50. The molecule has 0 aromatic rings. The predicted molar refractivity (Wildman–Crippen MR) is 65.5 cm³/mol. The lowest BCUT2D eigenvalue weighted by molar-refractivity contribution is 0.190. The maximum atomic E-state index is 10.7. The molecule has 0 unspecified atom stereocenters. The molecule has 6 nitrogen and oxygen atoms in total. The highest BCUT2D eigenvalue weighted by Crippen LogP contribution is 1.84. The average molecular weight is 232 g/mol. The van der Waals surface area contributed by atoms with Crippen LogP contribution in [0.4, 0.5) is 9.59 Å². The monoisotopic (exact) mass is 232 g/mol. The molecule has 0 N–H and O–H groups in total. The molecule has 0 heterocycles. The molecular formula is C10H24N4O2. The number of rotatable bonds is 0. The van der Waals surface area contributed by atoms with Crippen molar-refractivity contribution in [2.24, 2.45) is 0 Å². The summed E-state index contributed by atoms with van der Waals surface area (Å²) in [6, 6.07) is 0.0370. The topological polar surface area (TPSA) is 47.1 Å². The second-order valence-electron chi connectivity index (χ2n) is 4.14. The second kappa shape index (κ2) is 7.78. The number of carbonyl (C=O) groups is 2. The standard InChI is InChI=1S/2C5H12N2O/c2*1-6(2)5(8)7(3)4/h2*1-4H3.